The number of ether oxygens (including phenoxy) is 1. The van der Waals surface area contributed by atoms with Gasteiger partial charge in [0.2, 0.25) is 0 Å². The number of benzene rings is 2. The van der Waals surface area contributed by atoms with E-state index in [1.54, 1.807) is 19.1 Å². The van der Waals surface area contributed by atoms with Gasteiger partial charge in [0.25, 0.3) is 0 Å². The van der Waals surface area contributed by atoms with Crippen LogP contribution in [-0.4, -0.2) is 5.11 Å². The second-order valence-corrected chi connectivity index (χ2v) is 5.51. The molecule has 2 rings (SSSR count). The molecule has 4 heteroatoms. The summed E-state index contributed by atoms with van der Waals surface area (Å²) in [6.45, 7) is 3.89. The first-order chi connectivity index (χ1) is 9.49. The predicted molar refractivity (Wildman–Crippen MR) is 80.2 cm³/mol. The second-order valence-electron chi connectivity index (χ2n) is 4.72. The Morgan fingerprint density at radius 3 is 2.75 bits per heavy atom. The van der Waals surface area contributed by atoms with Gasteiger partial charge in [0.1, 0.15) is 18.2 Å². The molecule has 20 heavy (non-hydrogen) atoms. The van der Waals surface area contributed by atoms with Crippen molar-refractivity contribution in [1.82, 2.24) is 0 Å². The molecule has 2 aromatic rings. The minimum absolute atomic E-state index is 0.237. The molecular formula is C16H16BrFO2. The minimum atomic E-state index is -0.610. The molecule has 0 bridgehead atoms. The van der Waals surface area contributed by atoms with Crippen molar-refractivity contribution in [3.05, 3.63) is 63.4 Å². The minimum Gasteiger partial charge on any atom is -0.488 e. The summed E-state index contributed by atoms with van der Waals surface area (Å²) < 4.78 is 19.5. The lowest BCUT2D eigenvalue weighted by atomic mass is 10.1. The maximum atomic E-state index is 13.4. The first kappa shape index (κ1) is 15.0. The zero-order valence-corrected chi connectivity index (χ0v) is 12.9. The predicted octanol–water partition coefficient (Wildman–Crippen LogP) is 4.53. The molecule has 0 spiro atoms. The van der Waals surface area contributed by atoms with Crippen LogP contribution in [0.25, 0.3) is 0 Å². The van der Waals surface area contributed by atoms with E-state index in [-0.39, 0.29) is 12.4 Å². The summed E-state index contributed by atoms with van der Waals surface area (Å²) in [5, 5.41) is 9.78. The van der Waals surface area contributed by atoms with E-state index in [9.17, 15) is 9.50 Å². The lowest BCUT2D eigenvalue weighted by Gasteiger charge is -2.15. The zero-order valence-electron chi connectivity index (χ0n) is 11.4. The van der Waals surface area contributed by atoms with Gasteiger partial charge in [-0.15, -0.1) is 0 Å². The second kappa shape index (κ2) is 6.37. The SMILES string of the molecule is Cc1ccc(OCc2cccc(F)c2Br)c([C@@H](C)O)c1. The molecule has 0 aliphatic heterocycles. The van der Waals surface area contributed by atoms with E-state index >= 15 is 0 Å². The number of rotatable bonds is 4. The van der Waals surface area contributed by atoms with E-state index in [4.69, 9.17) is 4.74 Å². The van der Waals surface area contributed by atoms with E-state index in [2.05, 4.69) is 15.9 Å². The van der Waals surface area contributed by atoms with E-state index in [1.807, 2.05) is 25.1 Å². The Hall–Kier alpha value is -1.39. The van der Waals surface area contributed by atoms with Crippen molar-refractivity contribution >= 4 is 15.9 Å². The summed E-state index contributed by atoms with van der Waals surface area (Å²) in [6, 6.07) is 10.5. The molecule has 0 unspecified atom stereocenters. The zero-order chi connectivity index (χ0) is 14.7. The van der Waals surface area contributed by atoms with Gasteiger partial charge in [0, 0.05) is 11.1 Å². The molecular weight excluding hydrogens is 323 g/mol. The Balaban J connectivity index is 2.21. The highest BCUT2D eigenvalue weighted by molar-refractivity contribution is 9.10. The van der Waals surface area contributed by atoms with Gasteiger partial charge in [0.05, 0.1) is 10.6 Å². The molecule has 2 nitrogen and oxygen atoms in total. The first-order valence-electron chi connectivity index (χ1n) is 6.33. The average Bonchev–Trinajstić information content (AvgIpc) is 2.41. The number of aryl methyl sites for hydroxylation is 1. The Bertz CT molecular complexity index is 611. The molecule has 0 heterocycles. The maximum Gasteiger partial charge on any atom is 0.137 e. The third-order valence-corrected chi connectivity index (χ3v) is 3.92. The van der Waals surface area contributed by atoms with E-state index in [1.165, 1.54) is 6.07 Å². The molecule has 106 valence electrons. The van der Waals surface area contributed by atoms with Gasteiger partial charge in [-0.05, 0) is 48.0 Å². The number of aliphatic hydroxyl groups is 1. The highest BCUT2D eigenvalue weighted by Crippen LogP contribution is 2.28. The summed E-state index contributed by atoms with van der Waals surface area (Å²) >= 11 is 3.21. The number of halogens is 2. The molecule has 0 amide bonds. The molecule has 1 N–H and O–H groups in total. The van der Waals surface area contributed by atoms with Crippen molar-refractivity contribution in [2.24, 2.45) is 0 Å². The molecule has 0 aliphatic carbocycles. The highest BCUT2D eigenvalue weighted by atomic mass is 79.9. The van der Waals surface area contributed by atoms with Crippen LogP contribution in [0.3, 0.4) is 0 Å². The van der Waals surface area contributed by atoms with E-state index in [0.29, 0.717) is 10.2 Å². The molecule has 0 aliphatic rings. The Morgan fingerprint density at radius 1 is 1.30 bits per heavy atom. The van der Waals surface area contributed by atoms with Crippen LogP contribution in [0.1, 0.15) is 29.7 Å². The van der Waals surface area contributed by atoms with Gasteiger partial charge in [-0.1, -0.05) is 23.8 Å². The normalized spacial score (nSPS) is 12.2. The molecule has 0 fully saturated rings. The number of hydrogen-bond acceptors (Lipinski definition) is 2. The fraction of sp³-hybridized carbons (Fsp3) is 0.250. The van der Waals surface area contributed by atoms with E-state index in [0.717, 1.165) is 16.7 Å². The van der Waals surface area contributed by atoms with Crippen molar-refractivity contribution < 1.29 is 14.2 Å². The standard InChI is InChI=1S/C16H16BrFO2/c1-10-6-7-15(13(8-10)11(2)19)20-9-12-4-3-5-14(18)16(12)17/h3-8,11,19H,9H2,1-2H3/t11-/m1/s1. The summed E-state index contributed by atoms with van der Waals surface area (Å²) in [4.78, 5) is 0. The summed E-state index contributed by atoms with van der Waals surface area (Å²) in [5.74, 6) is 0.299. The van der Waals surface area contributed by atoms with Gasteiger partial charge >= 0.3 is 0 Å². The Labute approximate surface area is 126 Å². The average molecular weight is 339 g/mol. The van der Waals surface area contributed by atoms with Crippen LogP contribution in [0.5, 0.6) is 5.75 Å². The van der Waals surface area contributed by atoms with Gasteiger partial charge < -0.3 is 9.84 Å². The third-order valence-electron chi connectivity index (χ3n) is 3.03. The van der Waals surface area contributed by atoms with Crippen LogP contribution in [0.4, 0.5) is 4.39 Å². The smallest absolute Gasteiger partial charge is 0.137 e. The van der Waals surface area contributed by atoms with Crippen LogP contribution in [0.15, 0.2) is 40.9 Å². The van der Waals surface area contributed by atoms with Crippen molar-refractivity contribution in [3.8, 4) is 5.75 Å². The van der Waals surface area contributed by atoms with Gasteiger partial charge in [0.15, 0.2) is 0 Å². The third kappa shape index (κ3) is 3.38. The lowest BCUT2D eigenvalue weighted by molar-refractivity contribution is 0.190. The van der Waals surface area contributed by atoms with E-state index < -0.39 is 6.10 Å². The highest BCUT2D eigenvalue weighted by Gasteiger charge is 2.11. The molecule has 0 saturated carbocycles. The van der Waals surface area contributed by atoms with Gasteiger partial charge in [-0.25, -0.2) is 4.39 Å². The monoisotopic (exact) mass is 338 g/mol. The largest absolute Gasteiger partial charge is 0.488 e. The summed E-state index contributed by atoms with van der Waals surface area (Å²) in [5.41, 5.74) is 2.51. The molecule has 0 saturated heterocycles. The quantitative estimate of drug-likeness (QED) is 0.887. The van der Waals surface area contributed by atoms with Crippen LogP contribution < -0.4 is 4.74 Å². The molecule has 0 radical (unpaired) electrons. The van der Waals surface area contributed by atoms with Crippen LogP contribution in [0.2, 0.25) is 0 Å². The number of hydrogen-bond donors (Lipinski definition) is 1. The number of aliphatic hydroxyl groups excluding tert-OH is 1. The van der Waals surface area contributed by atoms with Crippen molar-refractivity contribution in [2.45, 2.75) is 26.6 Å². The topological polar surface area (TPSA) is 29.5 Å². The van der Waals surface area contributed by atoms with Crippen molar-refractivity contribution in [3.63, 3.8) is 0 Å². The molecule has 2 aromatic carbocycles. The van der Waals surface area contributed by atoms with Crippen LogP contribution >= 0.6 is 15.9 Å². The Morgan fingerprint density at radius 2 is 2.05 bits per heavy atom. The van der Waals surface area contributed by atoms with Crippen molar-refractivity contribution in [2.75, 3.05) is 0 Å². The first-order valence-corrected chi connectivity index (χ1v) is 7.12. The van der Waals surface area contributed by atoms with Crippen LogP contribution in [0, 0.1) is 12.7 Å². The molecule has 0 aromatic heterocycles. The lowest BCUT2D eigenvalue weighted by Crippen LogP contribution is -2.02. The van der Waals surface area contributed by atoms with Crippen molar-refractivity contribution in [1.29, 1.82) is 0 Å². The fourth-order valence-corrected chi connectivity index (χ4v) is 2.32. The maximum absolute atomic E-state index is 13.4. The van der Waals surface area contributed by atoms with Gasteiger partial charge in [-0.2, -0.15) is 0 Å². The Kier molecular flexibility index (Phi) is 4.78. The molecule has 1 atom stereocenters. The fourth-order valence-electron chi connectivity index (χ4n) is 1.94. The van der Waals surface area contributed by atoms with Crippen LogP contribution in [-0.2, 0) is 6.61 Å². The van der Waals surface area contributed by atoms with Gasteiger partial charge in [-0.3, -0.25) is 0 Å². The summed E-state index contributed by atoms with van der Waals surface area (Å²) in [7, 11) is 0. The summed E-state index contributed by atoms with van der Waals surface area (Å²) in [6.07, 6.45) is -0.610.